The lowest BCUT2D eigenvalue weighted by Crippen LogP contribution is -2.42. The number of likely N-dealkylation sites (tertiary alicyclic amines) is 1. The van der Waals surface area contributed by atoms with Crippen molar-refractivity contribution >= 4 is 0 Å². The van der Waals surface area contributed by atoms with Crippen LogP contribution in [0.25, 0.3) is 0 Å². The average molecular weight is 236 g/mol. The minimum absolute atomic E-state index is 0.558. The maximum atomic E-state index is 5.57. The van der Waals surface area contributed by atoms with Gasteiger partial charge in [-0.05, 0) is 58.3 Å². The molecule has 0 spiro atoms. The zero-order chi connectivity index (χ0) is 12.3. The van der Waals surface area contributed by atoms with E-state index in [9.17, 15) is 0 Å². The van der Waals surface area contributed by atoms with E-state index in [2.05, 4.69) is 30.3 Å². The molecule has 0 bridgehead atoms. The Kier molecular flexibility index (Phi) is 4.24. The molecule has 1 N–H and O–H groups in total. The largest absolute Gasteiger partial charge is 0.465 e. The molecule has 2 rings (SSSR count). The van der Waals surface area contributed by atoms with Gasteiger partial charge in [0, 0.05) is 12.6 Å². The molecule has 0 amide bonds. The SMILES string of the molecule is Cc1ccc(CNC(C)C2CCCN(C)C2)o1. The van der Waals surface area contributed by atoms with E-state index in [4.69, 9.17) is 4.42 Å². The van der Waals surface area contributed by atoms with Crippen LogP contribution in [-0.2, 0) is 6.54 Å². The summed E-state index contributed by atoms with van der Waals surface area (Å²) < 4.78 is 5.57. The van der Waals surface area contributed by atoms with Crippen molar-refractivity contribution in [1.29, 1.82) is 0 Å². The third-order valence-corrected chi connectivity index (χ3v) is 3.76. The molecule has 0 aliphatic carbocycles. The van der Waals surface area contributed by atoms with E-state index in [0.29, 0.717) is 6.04 Å². The monoisotopic (exact) mass is 236 g/mol. The van der Waals surface area contributed by atoms with Crippen LogP contribution in [0.1, 0.15) is 31.3 Å². The fourth-order valence-electron chi connectivity index (χ4n) is 2.62. The Labute approximate surface area is 104 Å². The van der Waals surface area contributed by atoms with Gasteiger partial charge in [0.25, 0.3) is 0 Å². The predicted octanol–water partition coefficient (Wildman–Crippen LogP) is 2.41. The third kappa shape index (κ3) is 3.58. The van der Waals surface area contributed by atoms with Gasteiger partial charge < -0.3 is 14.6 Å². The highest BCUT2D eigenvalue weighted by Crippen LogP contribution is 2.19. The minimum Gasteiger partial charge on any atom is -0.465 e. The van der Waals surface area contributed by atoms with Crippen molar-refractivity contribution in [1.82, 2.24) is 10.2 Å². The summed E-state index contributed by atoms with van der Waals surface area (Å²) in [4.78, 5) is 2.43. The lowest BCUT2D eigenvalue weighted by atomic mass is 9.92. The number of rotatable bonds is 4. The first-order valence-corrected chi connectivity index (χ1v) is 6.62. The van der Waals surface area contributed by atoms with Crippen molar-refractivity contribution in [2.45, 2.75) is 39.3 Å². The topological polar surface area (TPSA) is 28.4 Å². The smallest absolute Gasteiger partial charge is 0.117 e. The lowest BCUT2D eigenvalue weighted by Gasteiger charge is -2.33. The summed E-state index contributed by atoms with van der Waals surface area (Å²) in [7, 11) is 2.22. The molecule has 1 aliphatic rings. The normalized spacial score (nSPS) is 23.8. The van der Waals surface area contributed by atoms with E-state index in [1.807, 2.05) is 13.0 Å². The van der Waals surface area contributed by atoms with Crippen LogP contribution in [0.15, 0.2) is 16.5 Å². The Morgan fingerprint density at radius 3 is 3.00 bits per heavy atom. The molecule has 1 fully saturated rings. The number of hydrogen-bond acceptors (Lipinski definition) is 3. The van der Waals surface area contributed by atoms with Crippen molar-refractivity contribution in [3.8, 4) is 0 Å². The zero-order valence-electron chi connectivity index (χ0n) is 11.2. The molecule has 1 saturated heterocycles. The van der Waals surface area contributed by atoms with E-state index in [1.54, 1.807) is 0 Å². The Morgan fingerprint density at radius 2 is 2.35 bits per heavy atom. The van der Waals surface area contributed by atoms with E-state index < -0.39 is 0 Å². The maximum absolute atomic E-state index is 5.57. The van der Waals surface area contributed by atoms with Gasteiger partial charge in [0.2, 0.25) is 0 Å². The Morgan fingerprint density at radius 1 is 1.53 bits per heavy atom. The molecule has 1 aromatic rings. The van der Waals surface area contributed by atoms with Crippen molar-refractivity contribution in [3.63, 3.8) is 0 Å². The van der Waals surface area contributed by atoms with Crippen LogP contribution in [0.5, 0.6) is 0 Å². The van der Waals surface area contributed by atoms with Gasteiger partial charge >= 0.3 is 0 Å². The summed E-state index contributed by atoms with van der Waals surface area (Å²) in [6.07, 6.45) is 2.67. The zero-order valence-corrected chi connectivity index (χ0v) is 11.2. The molecule has 3 nitrogen and oxygen atoms in total. The van der Waals surface area contributed by atoms with E-state index in [-0.39, 0.29) is 0 Å². The van der Waals surface area contributed by atoms with Gasteiger partial charge in [-0.3, -0.25) is 0 Å². The van der Waals surface area contributed by atoms with E-state index >= 15 is 0 Å². The molecule has 3 heteroatoms. The lowest BCUT2D eigenvalue weighted by molar-refractivity contribution is 0.177. The fourth-order valence-corrected chi connectivity index (χ4v) is 2.62. The Hall–Kier alpha value is -0.800. The van der Waals surface area contributed by atoms with Gasteiger partial charge in [-0.25, -0.2) is 0 Å². The highest BCUT2D eigenvalue weighted by molar-refractivity contribution is 5.05. The second-order valence-electron chi connectivity index (χ2n) is 5.35. The number of piperidine rings is 1. The molecule has 0 aromatic carbocycles. The van der Waals surface area contributed by atoms with Crippen LogP contribution in [0.2, 0.25) is 0 Å². The highest BCUT2D eigenvalue weighted by atomic mass is 16.3. The number of hydrogen-bond donors (Lipinski definition) is 1. The summed E-state index contributed by atoms with van der Waals surface area (Å²) in [6, 6.07) is 4.64. The van der Waals surface area contributed by atoms with Crippen molar-refractivity contribution in [3.05, 3.63) is 23.7 Å². The van der Waals surface area contributed by atoms with Gasteiger partial charge in [-0.2, -0.15) is 0 Å². The molecule has 17 heavy (non-hydrogen) atoms. The van der Waals surface area contributed by atoms with Gasteiger partial charge in [-0.1, -0.05) is 0 Å². The Balaban J connectivity index is 1.78. The Bertz CT molecular complexity index is 348. The molecule has 2 atom stereocenters. The quantitative estimate of drug-likeness (QED) is 0.870. The second kappa shape index (κ2) is 5.69. The molecule has 2 unspecified atom stereocenters. The molecule has 1 aliphatic heterocycles. The maximum Gasteiger partial charge on any atom is 0.117 e. The molecular weight excluding hydrogens is 212 g/mol. The van der Waals surface area contributed by atoms with Crippen molar-refractivity contribution < 1.29 is 4.42 Å². The summed E-state index contributed by atoms with van der Waals surface area (Å²) in [5.41, 5.74) is 0. The molecular formula is C14H24N2O. The van der Waals surface area contributed by atoms with Gasteiger partial charge in [0.1, 0.15) is 11.5 Å². The van der Waals surface area contributed by atoms with Crippen molar-refractivity contribution in [2.24, 2.45) is 5.92 Å². The van der Waals surface area contributed by atoms with Gasteiger partial charge in [-0.15, -0.1) is 0 Å². The minimum atomic E-state index is 0.558. The number of furan rings is 1. The summed E-state index contributed by atoms with van der Waals surface area (Å²) >= 11 is 0. The standard InChI is InChI=1S/C14H24N2O/c1-11-6-7-14(17-11)9-15-12(2)13-5-4-8-16(3)10-13/h6-7,12-13,15H,4-5,8-10H2,1-3H3. The number of nitrogens with one attached hydrogen (secondary N) is 1. The van der Waals surface area contributed by atoms with E-state index in [0.717, 1.165) is 24.0 Å². The molecule has 2 heterocycles. The first-order chi connectivity index (χ1) is 8.15. The first kappa shape index (κ1) is 12.7. The number of aryl methyl sites for hydroxylation is 1. The van der Waals surface area contributed by atoms with Crippen molar-refractivity contribution in [2.75, 3.05) is 20.1 Å². The summed E-state index contributed by atoms with van der Waals surface area (Å²) in [6.45, 7) is 7.59. The van der Waals surface area contributed by atoms with Gasteiger partial charge in [0.15, 0.2) is 0 Å². The van der Waals surface area contributed by atoms with Crippen LogP contribution < -0.4 is 5.32 Å². The highest BCUT2D eigenvalue weighted by Gasteiger charge is 2.22. The predicted molar refractivity (Wildman–Crippen MR) is 70.0 cm³/mol. The van der Waals surface area contributed by atoms with Crippen LogP contribution >= 0.6 is 0 Å². The molecule has 0 radical (unpaired) electrons. The molecule has 1 aromatic heterocycles. The van der Waals surface area contributed by atoms with Gasteiger partial charge in [0.05, 0.1) is 6.54 Å². The third-order valence-electron chi connectivity index (χ3n) is 3.76. The van der Waals surface area contributed by atoms with Crippen LogP contribution in [0.3, 0.4) is 0 Å². The molecule has 96 valence electrons. The fraction of sp³-hybridized carbons (Fsp3) is 0.714. The van der Waals surface area contributed by atoms with Crippen LogP contribution in [-0.4, -0.2) is 31.1 Å². The molecule has 0 saturated carbocycles. The average Bonchev–Trinajstić information content (AvgIpc) is 2.72. The summed E-state index contributed by atoms with van der Waals surface area (Å²) in [5, 5.41) is 3.58. The second-order valence-corrected chi connectivity index (χ2v) is 5.35. The van der Waals surface area contributed by atoms with Crippen LogP contribution in [0, 0.1) is 12.8 Å². The first-order valence-electron chi connectivity index (χ1n) is 6.62. The summed E-state index contributed by atoms with van der Waals surface area (Å²) in [5.74, 6) is 2.80. The van der Waals surface area contributed by atoms with Crippen LogP contribution in [0.4, 0.5) is 0 Å². The van der Waals surface area contributed by atoms with E-state index in [1.165, 1.54) is 25.9 Å². The number of nitrogens with zero attached hydrogens (tertiary/aromatic N) is 1.